The van der Waals surface area contributed by atoms with Gasteiger partial charge in [-0.25, -0.2) is 9.97 Å². The van der Waals surface area contributed by atoms with Crippen LogP contribution in [0, 0.1) is 0 Å². The van der Waals surface area contributed by atoms with Crippen LogP contribution in [0.3, 0.4) is 0 Å². The number of aromatic nitrogens is 4. The molecule has 4 N–H and O–H groups in total. The second kappa shape index (κ2) is 4.75. The van der Waals surface area contributed by atoms with Crippen molar-refractivity contribution in [1.82, 2.24) is 19.9 Å². The number of fused-ring (bicyclic) bond motifs is 1. The molecule has 0 aromatic carbocycles. The molecule has 2 heterocycles. The van der Waals surface area contributed by atoms with Crippen LogP contribution in [-0.2, 0) is 5.54 Å². The topological polar surface area (TPSA) is 104 Å². The van der Waals surface area contributed by atoms with Gasteiger partial charge in [0.15, 0.2) is 0 Å². The number of hydrogen-bond acceptors (Lipinski definition) is 6. The lowest BCUT2D eigenvalue weighted by Gasteiger charge is -2.35. The van der Waals surface area contributed by atoms with E-state index in [1.807, 2.05) is 0 Å². The Morgan fingerprint density at radius 3 is 2.70 bits per heavy atom. The smallest absolute Gasteiger partial charge is 0.222 e. The SMILES string of the molecule is NC1c2nccnc2C=CC1(N)c1nc(Cl)ncc1Cl. The zero-order valence-electron chi connectivity index (χ0n) is 10.2. The summed E-state index contributed by atoms with van der Waals surface area (Å²) in [5, 5.41) is 0.351. The van der Waals surface area contributed by atoms with Crippen LogP contribution in [0.15, 0.2) is 24.7 Å². The van der Waals surface area contributed by atoms with E-state index in [4.69, 9.17) is 34.7 Å². The Bertz CT molecular complexity index is 704. The van der Waals surface area contributed by atoms with Crippen molar-refractivity contribution in [3.05, 3.63) is 52.1 Å². The minimum Gasteiger partial charge on any atom is -0.320 e. The van der Waals surface area contributed by atoms with Crippen LogP contribution in [0.25, 0.3) is 6.08 Å². The van der Waals surface area contributed by atoms with Gasteiger partial charge in [0.25, 0.3) is 0 Å². The van der Waals surface area contributed by atoms with E-state index in [9.17, 15) is 0 Å². The number of nitrogens with two attached hydrogens (primary N) is 2. The molecule has 0 spiro atoms. The average Bonchev–Trinajstić information content (AvgIpc) is 2.46. The molecule has 0 bridgehead atoms. The lowest BCUT2D eigenvalue weighted by atomic mass is 9.81. The second-order valence-corrected chi connectivity index (χ2v) is 5.15. The van der Waals surface area contributed by atoms with Gasteiger partial charge in [-0.15, -0.1) is 0 Å². The molecule has 1 aliphatic carbocycles. The molecule has 2 unspecified atom stereocenters. The van der Waals surface area contributed by atoms with Gasteiger partial charge >= 0.3 is 0 Å². The van der Waals surface area contributed by atoms with Crippen molar-refractivity contribution < 1.29 is 0 Å². The molecule has 3 rings (SSSR count). The summed E-state index contributed by atoms with van der Waals surface area (Å²) < 4.78 is 0. The Hall–Kier alpha value is -1.60. The van der Waals surface area contributed by atoms with Gasteiger partial charge in [-0.2, -0.15) is 0 Å². The Morgan fingerprint density at radius 2 is 1.90 bits per heavy atom. The molecule has 0 saturated heterocycles. The van der Waals surface area contributed by atoms with Crippen LogP contribution in [0.2, 0.25) is 10.3 Å². The van der Waals surface area contributed by atoms with Gasteiger partial charge in [0.1, 0.15) is 5.54 Å². The van der Waals surface area contributed by atoms with Gasteiger partial charge in [0.05, 0.1) is 34.3 Å². The number of nitrogens with zero attached hydrogens (tertiary/aromatic N) is 4. The maximum Gasteiger partial charge on any atom is 0.222 e. The van der Waals surface area contributed by atoms with Crippen molar-refractivity contribution >= 4 is 29.3 Å². The van der Waals surface area contributed by atoms with Crippen molar-refractivity contribution in [2.75, 3.05) is 0 Å². The van der Waals surface area contributed by atoms with Crippen LogP contribution >= 0.6 is 23.2 Å². The molecular weight excluding hydrogens is 299 g/mol. The monoisotopic (exact) mass is 308 g/mol. The van der Waals surface area contributed by atoms with Crippen molar-refractivity contribution in [2.24, 2.45) is 11.5 Å². The largest absolute Gasteiger partial charge is 0.320 e. The Kier molecular flexibility index (Phi) is 3.18. The predicted molar refractivity (Wildman–Crippen MR) is 75.9 cm³/mol. The quantitative estimate of drug-likeness (QED) is 0.773. The van der Waals surface area contributed by atoms with Crippen LogP contribution < -0.4 is 11.5 Å². The zero-order chi connectivity index (χ0) is 14.3. The number of rotatable bonds is 1. The maximum atomic E-state index is 6.40. The van der Waals surface area contributed by atoms with Crippen molar-refractivity contribution in [2.45, 2.75) is 11.6 Å². The van der Waals surface area contributed by atoms with E-state index >= 15 is 0 Å². The van der Waals surface area contributed by atoms with Crippen LogP contribution in [0.4, 0.5) is 0 Å². The molecular formula is C12H10Cl2N6. The molecule has 8 heteroatoms. The number of hydrogen-bond donors (Lipinski definition) is 2. The minimum absolute atomic E-state index is 0.0553. The third kappa shape index (κ3) is 1.97. The fourth-order valence-electron chi connectivity index (χ4n) is 2.15. The lowest BCUT2D eigenvalue weighted by molar-refractivity contribution is 0.423. The average molecular weight is 309 g/mol. The molecule has 0 radical (unpaired) electrons. The second-order valence-electron chi connectivity index (χ2n) is 4.41. The lowest BCUT2D eigenvalue weighted by Crippen LogP contribution is -2.48. The first-order valence-electron chi connectivity index (χ1n) is 5.75. The van der Waals surface area contributed by atoms with E-state index in [-0.39, 0.29) is 5.28 Å². The van der Waals surface area contributed by atoms with Crippen molar-refractivity contribution in [3.63, 3.8) is 0 Å². The highest BCUT2D eigenvalue weighted by molar-refractivity contribution is 6.32. The van der Waals surface area contributed by atoms with Gasteiger partial charge in [-0.3, -0.25) is 9.97 Å². The summed E-state index contributed by atoms with van der Waals surface area (Å²) in [7, 11) is 0. The molecule has 2 atom stereocenters. The molecule has 2 aromatic heterocycles. The van der Waals surface area contributed by atoms with Crippen LogP contribution in [0.5, 0.6) is 0 Å². The minimum atomic E-state index is -1.12. The van der Waals surface area contributed by atoms with E-state index in [0.717, 1.165) is 0 Å². The van der Waals surface area contributed by atoms with E-state index < -0.39 is 11.6 Å². The summed E-state index contributed by atoms with van der Waals surface area (Å²) in [5.74, 6) is 0. The third-order valence-corrected chi connectivity index (χ3v) is 3.67. The summed E-state index contributed by atoms with van der Waals surface area (Å²) in [6, 6.07) is -0.639. The number of halogens is 2. The molecule has 2 aromatic rings. The van der Waals surface area contributed by atoms with Crippen LogP contribution in [-0.4, -0.2) is 19.9 Å². The Morgan fingerprint density at radius 1 is 1.15 bits per heavy atom. The zero-order valence-corrected chi connectivity index (χ0v) is 11.7. The molecule has 6 nitrogen and oxygen atoms in total. The van der Waals surface area contributed by atoms with E-state index in [1.54, 1.807) is 24.5 Å². The first kappa shape index (κ1) is 13.4. The molecule has 0 fully saturated rings. The van der Waals surface area contributed by atoms with Crippen molar-refractivity contribution in [3.8, 4) is 0 Å². The van der Waals surface area contributed by atoms with Gasteiger partial charge in [0, 0.05) is 12.4 Å². The third-order valence-electron chi connectivity index (χ3n) is 3.21. The fraction of sp³-hybridized carbons (Fsp3) is 0.167. The van der Waals surface area contributed by atoms with E-state index in [1.165, 1.54) is 6.20 Å². The van der Waals surface area contributed by atoms with E-state index in [2.05, 4.69) is 19.9 Å². The fourth-order valence-corrected chi connectivity index (χ4v) is 2.54. The van der Waals surface area contributed by atoms with Crippen LogP contribution in [0.1, 0.15) is 23.1 Å². The Labute approximate surface area is 124 Å². The highest BCUT2D eigenvalue weighted by atomic mass is 35.5. The standard InChI is InChI=1S/C12H10Cl2N6/c13-6-5-19-11(14)20-10(6)12(16)2-1-7-8(9(12)15)18-4-3-17-7/h1-5,9H,15-16H2. The van der Waals surface area contributed by atoms with Crippen molar-refractivity contribution in [1.29, 1.82) is 0 Å². The molecule has 1 aliphatic rings. The molecule has 0 saturated carbocycles. The molecule has 0 aliphatic heterocycles. The summed E-state index contributed by atoms with van der Waals surface area (Å²) in [4.78, 5) is 16.3. The van der Waals surface area contributed by atoms with Gasteiger partial charge < -0.3 is 11.5 Å². The van der Waals surface area contributed by atoms with Gasteiger partial charge in [-0.1, -0.05) is 17.7 Å². The van der Waals surface area contributed by atoms with Gasteiger partial charge in [-0.05, 0) is 17.7 Å². The molecule has 102 valence electrons. The normalized spacial score (nSPS) is 24.5. The summed E-state index contributed by atoms with van der Waals surface area (Å²) in [6.07, 6.45) is 8.01. The first-order chi connectivity index (χ1) is 9.52. The predicted octanol–water partition coefficient (Wildman–Crippen LogP) is 1.45. The molecule has 0 amide bonds. The Balaban J connectivity index is 2.17. The highest BCUT2D eigenvalue weighted by Gasteiger charge is 2.40. The molecule has 20 heavy (non-hydrogen) atoms. The van der Waals surface area contributed by atoms with E-state index in [0.29, 0.717) is 22.1 Å². The summed E-state index contributed by atoms with van der Waals surface area (Å²) in [6.45, 7) is 0. The first-order valence-corrected chi connectivity index (χ1v) is 6.51. The summed E-state index contributed by atoms with van der Waals surface area (Å²) in [5.41, 5.74) is 13.1. The van der Waals surface area contributed by atoms with Gasteiger partial charge in [0.2, 0.25) is 5.28 Å². The maximum absolute atomic E-state index is 6.40. The highest BCUT2D eigenvalue weighted by Crippen LogP contribution is 2.38. The summed E-state index contributed by atoms with van der Waals surface area (Å²) >= 11 is 11.9.